The monoisotopic (exact) mass is 485 g/mol. The zero-order valence-corrected chi connectivity index (χ0v) is 19.6. The first-order chi connectivity index (χ1) is 16.5. The quantitative estimate of drug-likeness (QED) is 0.494. The fourth-order valence-electron chi connectivity index (χ4n) is 3.85. The number of aryl methyl sites for hydroxylation is 1. The fourth-order valence-corrected chi connectivity index (χ4v) is 3.85. The Kier molecular flexibility index (Phi) is 6.64. The number of fused-ring (bicyclic) bond motifs is 1. The Balaban J connectivity index is 1.67. The number of pyridine rings is 1. The van der Waals surface area contributed by atoms with E-state index in [-0.39, 0.29) is 11.7 Å². The Hall–Kier alpha value is -3.69. The summed E-state index contributed by atoms with van der Waals surface area (Å²) in [5.41, 5.74) is 1.13. The van der Waals surface area contributed by atoms with Crippen LogP contribution in [-0.2, 0) is 23.8 Å². The zero-order chi connectivity index (χ0) is 25.2. The third kappa shape index (κ3) is 6.26. The van der Waals surface area contributed by atoms with Gasteiger partial charge < -0.3 is 15.4 Å². The minimum atomic E-state index is -4.46. The molecule has 0 unspecified atom stereocenters. The van der Waals surface area contributed by atoms with Crippen molar-refractivity contribution in [1.29, 1.82) is 0 Å². The van der Waals surface area contributed by atoms with Gasteiger partial charge in [-0.05, 0) is 70.4 Å². The highest BCUT2D eigenvalue weighted by Crippen LogP contribution is 2.34. The van der Waals surface area contributed by atoms with Gasteiger partial charge in [0.05, 0.1) is 5.56 Å². The summed E-state index contributed by atoms with van der Waals surface area (Å²) in [4.78, 5) is 25.7. The number of hydrogen-bond acceptors (Lipinski definition) is 6. The Bertz CT molecular complexity index is 1210. The standard InChI is InChI=1S/C25H26F3N5O2/c1-24(2,3)35-23(34)31-18-7-8-20-19(14-18)22(33-21(32-20)15-9-11-29-12-10-15)30-17-6-4-5-16(13-17)25(26,27)28/h4-6,9-13,18H,7-8,14H2,1-3H3,(H,31,34)(H,30,32,33)/t18-/m1/s1. The predicted octanol–water partition coefficient (Wildman–Crippen LogP) is 5.68. The van der Waals surface area contributed by atoms with Gasteiger partial charge in [-0.2, -0.15) is 13.2 Å². The molecule has 0 radical (unpaired) electrons. The number of aromatic nitrogens is 3. The highest BCUT2D eigenvalue weighted by atomic mass is 19.4. The molecule has 35 heavy (non-hydrogen) atoms. The highest BCUT2D eigenvalue weighted by molar-refractivity contribution is 5.69. The summed E-state index contributed by atoms with van der Waals surface area (Å²) in [6.45, 7) is 5.36. The summed E-state index contributed by atoms with van der Waals surface area (Å²) in [5, 5.41) is 5.94. The number of alkyl halides is 3. The number of nitrogens with zero attached hydrogens (tertiary/aromatic N) is 3. The third-order valence-corrected chi connectivity index (χ3v) is 5.38. The second kappa shape index (κ2) is 9.52. The summed E-state index contributed by atoms with van der Waals surface area (Å²) < 4.78 is 45.1. The van der Waals surface area contributed by atoms with Crippen molar-refractivity contribution in [2.75, 3.05) is 5.32 Å². The molecule has 1 aliphatic rings. The van der Waals surface area contributed by atoms with Crippen molar-refractivity contribution >= 4 is 17.6 Å². The lowest BCUT2D eigenvalue weighted by molar-refractivity contribution is -0.137. The number of hydrogen-bond donors (Lipinski definition) is 2. The highest BCUT2D eigenvalue weighted by Gasteiger charge is 2.31. The summed E-state index contributed by atoms with van der Waals surface area (Å²) in [5.74, 6) is 0.844. The van der Waals surface area contributed by atoms with Crippen LogP contribution in [0, 0.1) is 0 Å². The van der Waals surface area contributed by atoms with Gasteiger partial charge in [0.2, 0.25) is 0 Å². The maximum atomic E-state index is 13.2. The predicted molar refractivity (Wildman–Crippen MR) is 125 cm³/mol. The van der Waals surface area contributed by atoms with Crippen molar-refractivity contribution < 1.29 is 22.7 Å². The number of nitrogens with one attached hydrogen (secondary N) is 2. The molecule has 0 spiro atoms. The van der Waals surface area contributed by atoms with E-state index in [1.807, 2.05) is 0 Å². The molecule has 184 valence electrons. The smallest absolute Gasteiger partial charge is 0.416 e. The number of carbonyl (C=O) groups is 1. The Morgan fingerprint density at radius 3 is 2.51 bits per heavy atom. The SMILES string of the molecule is CC(C)(C)OC(=O)N[C@@H]1CCc2nc(-c3ccncc3)nc(Nc3cccc(C(F)(F)F)c3)c2C1. The van der Waals surface area contributed by atoms with Crippen LogP contribution in [0.2, 0.25) is 0 Å². The average Bonchev–Trinajstić information content (AvgIpc) is 2.78. The number of halogens is 3. The number of alkyl carbamates (subject to hydrolysis) is 1. The second-order valence-electron chi connectivity index (χ2n) is 9.35. The molecule has 0 aliphatic heterocycles. The van der Waals surface area contributed by atoms with E-state index in [4.69, 9.17) is 9.72 Å². The number of rotatable bonds is 4. The maximum Gasteiger partial charge on any atom is 0.416 e. The molecule has 1 aliphatic carbocycles. The van der Waals surface area contributed by atoms with Crippen LogP contribution in [-0.4, -0.2) is 32.7 Å². The van der Waals surface area contributed by atoms with Crippen LogP contribution in [0.3, 0.4) is 0 Å². The van der Waals surface area contributed by atoms with E-state index in [1.54, 1.807) is 51.4 Å². The first-order valence-electron chi connectivity index (χ1n) is 11.2. The largest absolute Gasteiger partial charge is 0.444 e. The van der Waals surface area contributed by atoms with Gasteiger partial charge in [-0.3, -0.25) is 4.98 Å². The maximum absolute atomic E-state index is 13.2. The Morgan fingerprint density at radius 2 is 1.83 bits per heavy atom. The molecule has 1 aromatic carbocycles. The summed E-state index contributed by atoms with van der Waals surface area (Å²) in [6.07, 6.45) is -0.125. The van der Waals surface area contributed by atoms with Crippen LogP contribution >= 0.6 is 0 Å². The van der Waals surface area contributed by atoms with E-state index in [1.165, 1.54) is 6.07 Å². The lowest BCUT2D eigenvalue weighted by Gasteiger charge is -2.28. The van der Waals surface area contributed by atoms with Crippen LogP contribution in [0.5, 0.6) is 0 Å². The lowest BCUT2D eigenvalue weighted by atomic mass is 9.91. The molecule has 0 saturated heterocycles. The van der Waals surface area contributed by atoms with Crippen molar-refractivity contribution in [3.63, 3.8) is 0 Å². The molecule has 1 atom stereocenters. The number of amides is 1. The molecule has 0 fully saturated rings. The molecular formula is C25H26F3N5O2. The van der Waals surface area contributed by atoms with Crippen LogP contribution in [0.4, 0.5) is 29.5 Å². The minimum absolute atomic E-state index is 0.227. The van der Waals surface area contributed by atoms with Crippen molar-refractivity contribution in [1.82, 2.24) is 20.3 Å². The van der Waals surface area contributed by atoms with Crippen molar-refractivity contribution in [3.8, 4) is 11.4 Å². The summed E-state index contributed by atoms with van der Waals surface area (Å²) in [7, 11) is 0. The van der Waals surface area contributed by atoms with Crippen LogP contribution < -0.4 is 10.6 Å². The molecular weight excluding hydrogens is 459 g/mol. The van der Waals surface area contributed by atoms with Gasteiger partial charge >= 0.3 is 12.3 Å². The number of ether oxygens (including phenoxy) is 1. The van der Waals surface area contributed by atoms with E-state index in [0.29, 0.717) is 30.9 Å². The van der Waals surface area contributed by atoms with Crippen LogP contribution in [0.25, 0.3) is 11.4 Å². The molecule has 0 saturated carbocycles. The van der Waals surface area contributed by atoms with Gasteiger partial charge in [0.1, 0.15) is 11.4 Å². The molecule has 2 aromatic heterocycles. The number of carbonyl (C=O) groups excluding carboxylic acids is 1. The molecule has 3 aromatic rings. The van der Waals surface area contributed by atoms with E-state index in [0.717, 1.165) is 29.0 Å². The van der Waals surface area contributed by atoms with Gasteiger partial charge in [0.25, 0.3) is 0 Å². The first-order valence-corrected chi connectivity index (χ1v) is 11.2. The van der Waals surface area contributed by atoms with E-state index in [9.17, 15) is 18.0 Å². The fraction of sp³-hybridized carbons (Fsp3) is 0.360. The van der Waals surface area contributed by atoms with Gasteiger partial charge in [0.15, 0.2) is 5.82 Å². The molecule has 10 heteroatoms. The Morgan fingerprint density at radius 1 is 1.09 bits per heavy atom. The first kappa shape index (κ1) is 24.4. The molecule has 2 heterocycles. The third-order valence-electron chi connectivity index (χ3n) is 5.38. The van der Waals surface area contributed by atoms with Crippen LogP contribution in [0.15, 0.2) is 48.8 Å². The van der Waals surface area contributed by atoms with E-state index < -0.39 is 23.4 Å². The normalized spacial score (nSPS) is 15.8. The topological polar surface area (TPSA) is 89.0 Å². The Labute approximate surface area is 201 Å². The van der Waals surface area contributed by atoms with E-state index in [2.05, 4.69) is 20.6 Å². The molecule has 2 N–H and O–H groups in total. The molecule has 0 bridgehead atoms. The van der Waals surface area contributed by atoms with Crippen molar-refractivity contribution in [2.45, 2.75) is 57.9 Å². The minimum Gasteiger partial charge on any atom is -0.444 e. The molecule has 4 rings (SSSR count). The lowest BCUT2D eigenvalue weighted by Crippen LogP contribution is -2.42. The summed E-state index contributed by atoms with van der Waals surface area (Å²) in [6, 6.07) is 8.26. The zero-order valence-electron chi connectivity index (χ0n) is 19.6. The van der Waals surface area contributed by atoms with Gasteiger partial charge in [-0.15, -0.1) is 0 Å². The number of anilines is 2. The summed E-state index contributed by atoms with van der Waals surface area (Å²) >= 11 is 0. The van der Waals surface area contributed by atoms with Crippen LogP contribution in [0.1, 0.15) is 44.0 Å². The molecule has 1 amide bonds. The van der Waals surface area contributed by atoms with Gasteiger partial charge in [-0.25, -0.2) is 14.8 Å². The van der Waals surface area contributed by atoms with E-state index >= 15 is 0 Å². The molecule has 7 nitrogen and oxygen atoms in total. The van der Waals surface area contributed by atoms with Crippen molar-refractivity contribution in [2.24, 2.45) is 0 Å². The number of benzene rings is 1. The average molecular weight is 486 g/mol. The van der Waals surface area contributed by atoms with Gasteiger partial charge in [0, 0.05) is 40.9 Å². The van der Waals surface area contributed by atoms with Crippen molar-refractivity contribution in [3.05, 3.63) is 65.6 Å². The second-order valence-corrected chi connectivity index (χ2v) is 9.35. The van der Waals surface area contributed by atoms with Gasteiger partial charge in [-0.1, -0.05) is 6.07 Å².